The molecule has 4 aromatic rings. The van der Waals surface area contributed by atoms with Crippen LogP contribution in [0.4, 0.5) is 5.69 Å². The van der Waals surface area contributed by atoms with Gasteiger partial charge in [0.1, 0.15) is 5.75 Å². The van der Waals surface area contributed by atoms with Gasteiger partial charge < -0.3 is 9.26 Å². The minimum Gasteiger partial charge on any atom is -0.484 e. The molecule has 164 valence electrons. The Morgan fingerprint density at radius 2 is 1.62 bits per heavy atom. The lowest BCUT2D eigenvalue weighted by atomic mass is 10.1. The molecule has 32 heavy (non-hydrogen) atoms. The zero-order valence-corrected chi connectivity index (χ0v) is 18.6. The van der Waals surface area contributed by atoms with Gasteiger partial charge in [-0.25, -0.2) is 8.42 Å². The monoisotopic (exact) mass is 449 g/mol. The van der Waals surface area contributed by atoms with Crippen molar-refractivity contribution in [2.45, 2.75) is 25.3 Å². The first-order valence-electron chi connectivity index (χ1n) is 10.2. The van der Waals surface area contributed by atoms with Crippen LogP contribution in [0.15, 0.2) is 88.3 Å². The van der Waals surface area contributed by atoms with Gasteiger partial charge in [-0.15, -0.1) is 0 Å². The quantitative estimate of drug-likeness (QED) is 0.383. The lowest BCUT2D eigenvalue weighted by Gasteiger charge is -2.23. The van der Waals surface area contributed by atoms with Gasteiger partial charge in [-0.2, -0.15) is 4.98 Å². The number of anilines is 1. The normalized spacial score (nSPS) is 11.3. The van der Waals surface area contributed by atoms with E-state index in [9.17, 15) is 8.42 Å². The molecule has 0 bridgehead atoms. The minimum atomic E-state index is -3.68. The summed E-state index contributed by atoms with van der Waals surface area (Å²) in [5.74, 6) is 1.34. The van der Waals surface area contributed by atoms with Crippen LogP contribution >= 0.6 is 0 Å². The largest absolute Gasteiger partial charge is 0.484 e. The maximum absolute atomic E-state index is 13.1. The third kappa shape index (κ3) is 4.50. The number of aryl methyl sites for hydroxylation is 1. The highest BCUT2D eigenvalue weighted by molar-refractivity contribution is 7.92. The van der Waals surface area contributed by atoms with Gasteiger partial charge in [0.2, 0.25) is 5.82 Å². The van der Waals surface area contributed by atoms with Gasteiger partial charge in [0, 0.05) is 12.1 Å². The molecule has 0 aliphatic rings. The van der Waals surface area contributed by atoms with Gasteiger partial charge in [-0.1, -0.05) is 47.6 Å². The molecule has 0 N–H and O–H groups in total. The van der Waals surface area contributed by atoms with Crippen molar-refractivity contribution in [1.82, 2.24) is 10.1 Å². The van der Waals surface area contributed by atoms with Gasteiger partial charge in [0.05, 0.1) is 10.6 Å². The van der Waals surface area contributed by atoms with Crippen molar-refractivity contribution < 1.29 is 17.7 Å². The van der Waals surface area contributed by atoms with Gasteiger partial charge in [-0.3, -0.25) is 4.31 Å². The predicted octanol–water partition coefficient (Wildman–Crippen LogP) is 4.84. The lowest BCUT2D eigenvalue weighted by Crippen LogP contribution is -2.30. The Bertz CT molecular complexity index is 1290. The van der Waals surface area contributed by atoms with Crippen molar-refractivity contribution in [1.29, 1.82) is 0 Å². The van der Waals surface area contributed by atoms with E-state index in [1.54, 1.807) is 31.2 Å². The number of ether oxygens (including phenoxy) is 1. The number of para-hydroxylation sites is 1. The van der Waals surface area contributed by atoms with E-state index in [1.807, 2.05) is 49.4 Å². The molecule has 0 fully saturated rings. The van der Waals surface area contributed by atoms with Crippen molar-refractivity contribution in [2.75, 3.05) is 10.8 Å². The van der Waals surface area contributed by atoms with E-state index in [0.717, 1.165) is 11.1 Å². The van der Waals surface area contributed by atoms with Crippen molar-refractivity contribution >= 4 is 15.7 Å². The number of benzene rings is 3. The molecule has 0 saturated carbocycles. The molecule has 7 nitrogen and oxygen atoms in total. The number of hydrogen-bond donors (Lipinski definition) is 0. The fourth-order valence-corrected chi connectivity index (χ4v) is 4.79. The van der Waals surface area contributed by atoms with E-state index in [1.165, 1.54) is 16.4 Å². The van der Waals surface area contributed by atoms with Crippen molar-refractivity contribution in [2.24, 2.45) is 0 Å². The number of rotatable bonds is 8. The summed E-state index contributed by atoms with van der Waals surface area (Å²) in [4.78, 5) is 4.57. The molecule has 0 amide bonds. The van der Waals surface area contributed by atoms with Crippen LogP contribution in [0.25, 0.3) is 11.4 Å². The SMILES string of the molecule is CCN(c1ccccc1)S(=O)(=O)c1ccc(OCc2nc(-c3ccccc3C)no2)cc1. The molecular weight excluding hydrogens is 426 g/mol. The smallest absolute Gasteiger partial charge is 0.264 e. The highest BCUT2D eigenvalue weighted by Gasteiger charge is 2.23. The number of aromatic nitrogens is 2. The molecule has 0 aliphatic heterocycles. The van der Waals surface area contributed by atoms with Gasteiger partial charge in [-0.05, 0) is 55.8 Å². The molecule has 0 radical (unpaired) electrons. The van der Waals surface area contributed by atoms with Crippen molar-refractivity contribution in [3.63, 3.8) is 0 Å². The molecule has 0 atom stereocenters. The van der Waals surface area contributed by atoms with Crippen LogP contribution in [-0.2, 0) is 16.6 Å². The van der Waals surface area contributed by atoms with E-state index in [-0.39, 0.29) is 11.5 Å². The van der Waals surface area contributed by atoms with Crippen LogP contribution < -0.4 is 9.04 Å². The average molecular weight is 450 g/mol. The molecule has 3 aromatic carbocycles. The summed E-state index contributed by atoms with van der Waals surface area (Å²) in [5, 5.41) is 4.01. The summed E-state index contributed by atoms with van der Waals surface area (Å²) in [5.41, 5.74) is 2.57. The van der Waals surface area contributed by atoms with Crippen LogP contribution in [0.2, 0.25) is 0 Å². The fourth-order valence-electron chi connectivity index (χ4n) is 3.31. The lowest BCUT2D eigenvalue weighted by molar-refractivity contribution is 0.243. The summed E-state index contributed by atoms with van der Waals surface area (Å²) in [7, 11) is -3.68. The maximum Gasteiger partial charge on any atom is 0.264 e. The molecule has 8 heteroatoms. The van der Waals surface area contributed by atoms with E-state index < -0.39 is 10.0 Å². The molecule has 1 aromatic heterocycles. The second kappa shape index (κ2) is 9.23. The van der Waals surface area contributed by atoms with Crippen molar-refractivity contribution in [3.05, 3.63) is 90.3 Å². The van der Waals surface area contributed by atoms with Crippen LogP contribution in [0.3, 0.4) is 0 Å². The Kier molecular flexibility index (Phi) is 6.23. The van der Waals surface area contributed by atoms with Crippen LogP contribution in [0.1, 0.15) is 18.4 Å². The third-order valence-electron chi connectivity index (χ3n) is 4.96. The van der Waals surface area contributed by atoms with E-state index in [4.69, 9.17) is 9.26 Å². The minimum absolute atomic E-state index is 0.0794. The average Bonchev–Trinajstić information content (AvgIpc) is 3.28. The molecule has 0 saturated heterocycles. The van der Waals surface area contributed by atoms with Crippen LogP contribution in [0, 0.1) is 6.92 Å². The number of hydrogen-bond acceptors (Lipinski definition) is 6. The van der Waals surface area contributed by atoms with Crippen molar-refractivity contribution in [3.8, 4) is 17.1 Å². The summed E-state index contributed by atoms with van der Waals surface area (Å²) >= 11 is 0. The first kappa shape index (κ1) is 21.6. The standard InChI is InChI=1S/C24H23N3O4S/c1-3-27(19-10-5-4-6-11-19)32(28,29)21-15-13-20(14-16-21)30-17-23-25-24(26-31-23)22-12-8-7-9-18(22)2/h4-16H,3,17H2,1-2H3. The Hall–Kier alpha value is -3.65. The van der Waals surface area contributed by atoms with Crippen LogP contribution in [-0.4, -0.2) is 25.1 Å². The van der Waals surface area contributed by atoms with E-state index in [2.05, 4.69) is 10.1 Å². The highest BCUT2D eigenvalue weighted by atomic mass is 32.2. The molecule has 4 rings (SSSR count). The Labute approximate surface area is 187 Å². The first-order chi connectivity index (χ1) is 15.5. The second-order valence-corrected chi connectivity index (χ2v) is 8.95. The number of sulfonamides is 1. The topological polar surface area (TPSA) is 85.5 Å². The maximum atomic E-state index is 13.1. The number of nitrogens with zero attached hydrogens (tertiary/aromatic N) is 3. The van der Waals surface area contributed by atoms with Gasteiger partial charge in [0.15, 0.2) is 6.61 Å². The third-order valence-corrected chi connectivity index (χ3v) is 6.88. The van der Waals surface area contributed by atoms with E-state index >= 15 is 0 Å². The highest BCUT2D eigenvalue weighted by Crippen LogP contribution is 2.25. The Morgan fingerprint density at radius 3 is 2.31 bits per heavy atom. The zero-order valence-electron chi connectivity index (χ0n) is 17.8. The Balaban J connectivity index is 1.45. The zero-order chi connectivity index (χ0) is 22.6. The summed E-state index contributed by atoms with van der Waals surface area (Å²) in [6.45, 7) is 4.19. The molecule has 0 unspecified atom stereocenters. The predicted molar refractivity (Wildman–Crippen MR) is 122 cm³/mol. The summed E-state index contributed by atoms with van der Waals surface area (Å²) < 4.78 is 38.5. The summed E-state index contributed by atoms with van der Waals surface area (Å²) in [6.07, 6.45) is 0. The first-order valence-corrected chi connectivity index (χ1v) is 11.6. The van der Waals surface area contributed by atoms with Gasteiger partial charge in [0.25, 0.3) is 15.9 Å². The van der Waals surface area contributed by atoms with E-state index in [0.29, 0.717) is 29.7 Å². The Morgan fingerprint density at radius 1 is 0.938 bits per heavy atom. The molecule has 0 spiro atoms. The molecule has 0 aliphatic carbocycles. The van der Waals surface area contributed by atoms with Gasteiger partial charge >= 0.3 is 0 Å². The summed E-state index contributed by atoms with van der Waals surface area (Å²) in [6, 6.07) is 23.1. The second-order valence-electron chi connectivity index (χ2n) is 7.09. The molecule has 1 heterocycles. The molecular formula is C24H23N3O4S. The fraction of sp³-hybridized carbons (Fsp3) is 0.167. The van der Waals surface area contributed by atoms with Crippen LogP contribution in [0.5, 0.6) is 5.75 Å².